The van der Waals surface area contributed by atoms with E-state index in [9.17, 15) is 0 Å². The number of rotatable bonds is 6. The van der Waals surface area contributed by atoms with Crippen molar-refractivity contribution in [3.05, 3.63) is 35.4 Å². The second kappa shape index (κ2) is 7.77. The van der Waals surface area contributed by atoms with E-state index in [0.29, 0.717) is 0 Å². The van der Waals surface area contributed by atoms with E-state index in [2.05, 4.69) is 53.2 Å². The lowest BCUT2D eigenvalue weighted by atomic mass is 10.1. The third kappa shape index (κ3) is 4.89. The Labute approximate surface area is 124 Å². The van der Waals surface area contributed by atoms with E-state index in [1.807, 2.05) is 7.05 Å². The third-order valence-electron chi connectivity index (χ3n) is 3.87. The number of piperazine rings is 1. The molecule has 0 atom stereocenters. The summed E-state index contributed by atoms with van der Waals surface area (Å²) in [6, 6.07) is 8.95. The number of hydrogen-bond acceptors (Lipinski definition) is 3. The summed E-state index contributed by atoms with van der Waals surface area (Å²) in [6.45, 7) is 12.7. The van der Waals surface area contributed by atoms with Crippen molar-refractivity contribution < 1.29 is 0 Å². The normalized spacial score (nSPS) is 17.8. The van der Waals surface area contributed by atoms with E-state index >= 15 is 0 Å². The average Bonchev–Trinajstić information content (AvgIpc) is 2.41. The molecule has 1 saturated heterocycles. The molecule has 2 rings (SSSR count). The molecule has 1 heterocycles. The zero-order valence-electron chi connectivity index (χ0n) is 13.2. The van der Waals surface area contributed by atoms with Gasteiger partial charge >= 0.3 is 0 Å². The maximum Gasteiger partial charge on any atom is 0.0234 e. The van der Waals surface area contributed by atoms with Crippen LogP contribution in [0.1, 0.15) is 25.0 Å². The van der Waals surface area contributed by atoms with Crippen molar-refractivity contribution in [1.29, 1.82) is 0 Å². The lowest BCUT2D eigenvalue weighted by molar-refractivity contribution is 0.117. The van der Waals surface area contributed by atoms with Crippen molar-refractivity contribution >= 4 is 0 Å². The molecular weight excluding hydrogens is 246 g/mol. The highest BCUT2D eigenvalue weighted by atomic mass is 15.3. The largest absolute Gasteiger partial charge is 0.316 e. The van der Waals surface area contributed by atoms with Crippen molar-refractivity contribution in [3.8, 4) is 0 Å². The number of hydrogen-bond donors (Lipinski definition) is 1. The van der Waals surface area contributed by atoms with Gasteiger partial charge in [0.15, 0.2) is 0 Å². The van der Waals surface area contributed by atoms with Gasteiger partial charge in [-0.3, -0.25) is 4.90 Å². The predicted octanol–water partition coefficient (Wildman–Crippen LogP) is 2.18. The smallest absolute Gasteiger partial charge is 0.0234 e. The van der Waals surface area contributed by atoms with Crippen LogP contribution in [0.2, 0.25) is 0 Å². The molecule has 1 aromatic rings. The van der Waals surface area contributed by atoms with Crippen LogP contribution in [0, 0.1) is 5.92 Å². The van der Waals surface area contributed by atoms with Gasteiger partial charge in [0.05, 0.1) is 0 Å². The molecule has 0 unspecified atom stereocenters. The third-order valence-corrected chi connectivity index (χ3v) is 3.87. The molecule has 3 heteroatoms. The van der Waals surface area contributed by atoms with Gasteiger partial charge in [-0.15, -0.1) is 0 Å². The van der Waals surface area contributed by atoms with Crippen LogP contribution in [-0.2, 0) is 13.1 Å². The molecule has 1 aromatic carbocycles. The predicted molar refractivity (Wildman–Crippen MR) is 85.8 cm³/mol. The molecule has 0 amide bonds. The summed E-state index contributed by atoms with van der Waals surface area (Å²) >= 11 is 0. The van der Waals surface area contributed by atoms with E-state index in [1.54, 1.807) is 0 Å². The molecule has 1 aliphatic rings. The van der Waals surface area contributed by atoms with Crippen LogP contribution in [0.15, 0.2) is 24.3 Å². The highest BCUT2D eigenvalue weighted by molar-refractivity contribution is 5.23. The standard InChI is InChI=1S/C17H29N3/c1-15(2)13-19-7-9-20(10-8-19)14-17-6-4-5-16(11-17)12-18-3/h4-6,11,15,18H,7-10,12-14H2,1-3H3. The summed E-state index contributed by atoms with van der Waals surface area (Å²) in [5.74, 6) is 0.778. The zero-order valence-corrected chi connectivity index (χ0v) is 13.2. The van der Waals surface area contributed by atoms with Crippen LogP contribution in [0.4, 0.5) is 0 Å². The molecule has 1 fully saturated rings. The monoisotopic (exact) mass is 275 g/mol. The van der Waals surface area contributed by atoms with Crippen molar-refractivity contribution in [2.45, 2.75) is 26.9 Å². The quantitative estimate of drug-likeness (QED) is 0.858. The van der Waals surface area contributed by atoms with Gasteiger partial charge in [0.25, 0.3) is 0 Å². The number of nitrogens with one attached hydrogen (secondary N) is 1. The molecule has 112 valence electrons. The van der Waals surface area contributed by atoms with Crippen molar-refractivity contribution in [1.82, 2.24) is 15.1 Å². The first-order valence-electron chi connectivity index (χ1n) is 7.84. The minimum Gasteiger partial charge on any atom is -0.316 e. The van der Waals surface area contributed by atoms with Gasteiger partial charge in [-0.2, -0.15) is 0 Å². The maximum absolute atomic E-state index is 3.22. The first-order chi connectivity index (χ1) is 9.67. The minimum atomic E-state index is 0.778. The highest BCUT2D eigenvalue weighted by Crippen LogP contribution is 2.11. The fourth-order valence-corrected chi connectivity index (χ4v) is 2.95. The lowest BCUT2D eigenvalue weighted by Crippen LogP contribution is -2.46. The van der Waals surface area contributed by atoms with Crippen LogP contribution in [0.25, 0.3) is 0 Å². The molecule has 0 spiro atoms. The molecule has 3 nitrogen and oxygen atoms in total. The summed E-state index contributed by atoms with van der Waals surface area (Å²) in [5.41, 5.74) is 2.82. The van der Waals surface area contributed by atoms with Gasteiger partial charge in [0.2, 0.25) is 0 Å². The summed E-state index contributed by atoms with van der Waals surface area (Å²) in [7, 11) is 2.00. The summed E-state index contributed by atoms with van der Waals surface area (Å²) in [5, 5.41) is 3.22. The lowest BCUT2D eigenvalue weighted by Gasteiger charge is -2.35. The van der Waals surface area contributed by atoms with Gasteiger partial charge in [-0.25, -0.2) is 0 Å². The van der Waals surface area contributed by atoms with Crippen molar-refractivity contribution in [2.24, 2.45) is 5.92 Å². The van der Waals surface area contributed by atoms with Crippen molar-refractivity contribution in [3.63, 3.8) is 0 Å². The van der Waals surface area contributed by atoms with E-state index in [0.717, 1.165) is 19.0 Å². The topological polar surface area (TPSA) is 18.5 Å². The Balaban J connectivity index is 1.81. The van der Waals surface area contributed by atoms with E-state index < -0.39 is 0 Å². The first-order valence-corrected chi connectivity index (χ1v) is 7.84. The summed E-state index contributed by atoms with van der Waals surface area (Å²) in [4.78, 5) is 5.17. The summed E-state index contributed by atoms with van der Waals surface area (Å²) < 4.78 is 0. The Morgan fingerprint density at radius 1 is 1.05 bits per heavy atom. The Kier molecular flexibility index (Phi) is 6.02. The molecule has 0 bridgehead atoms. The SMILES string of the molecule is CNCc1cccc(CN2CCN(CC(C)C)CC2)c1. The Hall–Kier alpha value is -0.900. The molecule has 1 N–H and O–H groups in total. The highest BCUT2D eigenvalue weighted by Gasteiger charge is 2.17. The molecule has 20 heavy (non-hydrogen) atoms. The fourth-order valence-electron chi connectivity index (χ4n) is 2.95. The molecular formula is C17H29N3. The molecule has 0 aliphatic carbocycles. The molecule has 0 saturated carbocycles. The Morgan fingerprint density at radius 3 is 2.35 bits per heavy atom. The second-order valence-electron chi connectivity index (χ2n) is 6.32. The molecule has 0 radical (unpaired) electrons. The zero-order chi connectivity index (χ0) is 14.4. The van der Waals surface area contributed by atoms with Crippen LogP contribution >= 0.6 is 0 Å². The first kappa shape index (κ1) is 15.5. The maximum atomic E-state index is 3.22. The Morgan fingerprint density at radius 2 is 1.70 bits per heavy atom. The fraction of sp³-hybridized carbons (Fsp3) is 0.647. The van der Waals surface area contributed by atoms with Gasteiger partial charge in [0, 0.05) is 45.8 Å². The van der Waals surface area contributed by atoms with Gasteiger partial charge in [-0.05, 0) is 24.1 Å². The van der Waals surface area contributed by atoms with Gasteiger partial charge < -0.3 is 10.2 Å². The second-order valence-corrected chi connectivity index (χ2v) is 6.32. The summed E-state index contributed by atoms with van der Waals surface area (Å²) in [6.07, 6.45) is 0. The van der Waals surface area contributed by atoms with Crippen LogP contribution in [0.5, 0.6) is 0 Å². The van der Waals surface area contributed by atoms with Gasteiger partial charge in [-0.1, -0.05) is 38.1 Å². The average molecular weight is 275 g/mol. The van der Waals surface area contributed by atoms with E-state index in [4.69, 9.17) is 0 Å². The number of benzene rings is 1. The number of nitrogens with zero attached hydrogens (tertiary/aromatic N) is 2. The Bertz CT molecular complexity index is 395. The molecule has 0 aromatic heterocycles. The van der Waals surface area contributed by atoms with Crippen LogP contribution < -0.4 is 5.32 Å². The molecule has 1 aliphatic heterocycles. The van der Waals surface area contributed by atoms with E-state index in [1.165, 1.54) is 43.9 Å². The minimum absolute atomic E-state index is 0.778. The van der Waals surface area contributed by atoms with Crippen LogP contribution in [-0.4, -0.2) is 49.6 Å². The van der Waals surface area contributed by atoms with Crippen LogP contribution in [0.3, 0.4) is 0 Å². The van der Waals surface area contributed by atoms with E-state index in [-0.39, 0.29) is 0 Å². The van der Waals surface area contributed by atoms with Gasteiger partial charge in [0.1, 0.15) is 0 Å². The van der Waals surface area contributed by atoms with Crippen molar-refractivity contribution in [2.75, 3.05) is 39.8 Å².